The van der Waals surface area contributed by atoms with E-state index in [0.717, 1.165) is 53.3 Å². The molecule has 2 aromatic rings. The third kappa shape index (κ3) is 4.54. The molecule has 0 saturated carbocycles. The minimum absolute atomic E-state index is 0.325. The third-order valence-corrected chi connectivity index (χ3v) is 5.11. The van der Waals surface area contributed by atoms with E-state index in [1.54, 1.807) is 6.07 Å². The Morgan fingerprint density at radius 2 is 1.96 bits per heavy atom. The van der Waals surface area contributed by atoms with Crippen molar-refractivity contribution in [3.05, 3.63) is 52.3 Å². The van der Waals surface area contributed by atoms with E-state index in [4.69, 9.17) is 9.47 Å². The molecule has 0 atom stereocenters. The van der Waals surface area contributed by atoms with Gasteiger partial charge in [-0.1, -0.05) is 38.1 Å². The molecule has 0 saturated heterocycles. The fourth-order valence-electron chi connectivity index (χ4n) is 3.29. The fraction of sp³-hybridized carbons (Fsp3) is 0.435. The van der Waals surface area contributed by atoms with Gasteiger partial charge in [-0.05, 0) is 31.6 Å². The molecule has 1 aromatic heterocycles. The van der Waals surface area contributed by atoms with Gasteiger partial charge in [0, 0.05) is 43.3 Å². The van der Waals surface area contributed by atoms with E-state index < -0.39 is 5.79 Å². The minimum Gasteiger partial charge on any atom is -0.508 e. The lowest BCUT2D eigenvalue weighted by atomic mass is 10.0. The van der Waals surface area contributed by atoms with E-state index in [2.05, 4.69) is 23.7 Å². The first-order valence-corrected chi connectivity index (χ1v) is 9.86. The summed E-state index contributed by atoms with van der Waals surface area (Å²) in [4.78, 5) is 6.74. The van der Waals surface area contributed by atoms with Crippen molar-refractivity contribution < 1.29 is 14.6 Å². The Morgan fingerprint density at radius 1 is 1.21 bits per heavy atom. The molecule has 1 N–H and O–H groups in total. The number of nitrogens with zero attached hydrogens (tertiary/aromatic N) is 2. The zero-order valence-electron chi connectivity index (χ0n) is 17.5. The van der Waals surface area contributed by atoms with Gasteiger partial charge in [-0.2, -0.15) is 0 Å². The smallest absolute Gasteiger partial charge is 0.205 e. The summed E-state index contributed by atoms with van der Waals surface area (Å²) in [5, 5.41) is 10.4. The molecule has 0 spiro atoms. The van der Waals surface area contributed by atoms with Crippen LogP contribution in [0.3, 0.4) is 0 Å². The molecular weight excluding hydrogens is 352 g/mol. The van der Waals surface area contributed by atoms with Gasteiger partial charge in [0.2, 0.25) is 5.79 Å². The Morgan fingerprint density at radius 3 is 2.64 bits per heavy atom. The Labute approximate surface area is 167 Å². The number of phenols is 1. The second-order valence-electron chi connectivity index (χ2n) is 7.58. The van der Waals surface area contributed by atoms with Crippen LogP contribution < -0.4 is 4.74 Å². The molecule has 150 valence electrons. The van der Waals surface area contributed by atoms with Gasteiger partial charge < -0.3 is 14.6 Å². The van der Waals surface area contributed by atoms with E-state index in [0.29, 0.717) is 12.4 Å². The second kappa shape index (κ2) is 8.33. The highest BCUT2D eigenvalue weighted by molar-refractivity contribution is 5.73. The Kier molecular flexibility index (Phi) is 6.06. The summed E-state index contributed by atoms with van der Waals surface area (Å²) < 4.78 is 11.8. The minimum atomic E-state index is -0.645. The number of aromatic nitrogens is 1. The highest BCUT2D eigenvalue weighted by atomic mass is 16.7. The van der Waals surface area contributed by atoms with Crippen molar-refractivity contribution in [2.45, 2.75) is 53.6 Å². The summed E-state index contributed by atoms with van der Waals surface area (Å²) in [6.07, 6.45) is 5.81. The van der Waals surface area contributed by atoms with E-state index in [-0.39, 0.29) is 0 Å². The molecule has 1 aliphatic rings. The van der Waals surface area contributed by atoms with Crippen LogP contribution in [0.4, 0.5) is 0 Å². The molecule has 0 bridgehead atoms. The van der Waals surface area contributed by atoms with Crippen LogP contribution in [-0.4, -0.2) is 33.9 Å². The summed E-state index contributed by atoms with van der Waals surface area (Å²) >= 11 is 0. The summed E-state index contributed by atoms with van der Waals surface area (Å²) in [7, 11) is 0. The number of pyridine rings is 1. The van der Waals surface area contributed by atoms with Crippen LogP contribution in [0.2, 0.25) is 0 Å². The predicted molar refractivity (Wildman–Crippen MR) is 112 cm³/mol. The average Bonchev–Trinajstić information content (AvgIpc) is 2.66. The van der Waals surface area contributed by atoms with Gasteiger partial charge in [-0.15, -0.1) is 0 Å². The number of hydrogen-bond donors (Lipinski definition) is 1. The van der Waals surface area contributed by atoms with Gasteiger partial charge in [-0.25, -0.2) is 0 Å². The van der Waals surface area contributed by atoms with Gasteiger partial charge in [0.25, 0.3) is 0 Å². The number of ether oxygens (including phenoxy) is 2. The van der Waals surface area contributed by atoms with Crippen LogP contribution in [0.1, 0.15) is 55.6 Å². The average molecular weight is 383 g/mol. The van der Waals surface area contributed by atoms with Crippen molar-refractivity contribution in [2.75, 3.05) is 13.1 Å². The number of aromatic hydroxyl groups is 1. The van der Waals surface area contributed by atoms with Crippen molar-refractivity contribution >= 4 is 12.2 Å². The molecule has 0 radical (unpaired) electrons. The van der Waals surface area contributed by atoms with Crippen LogP contribution >= 0.6 is 0 Å². The molecule has 0 unspecified atom stereocenters. The summed E-state index contributed by atoms with van der Waals surface area (Å²) in [5.74, 6) is 0.483. The first-order valence-electron chi connectivity index (χ1n) is 9.86. The number of phenolic OH excluding ortho intramolecular Hbond substituents is 1. The molecule has 0 aliphatic carbocycles. The van der Waals surface area contributed by atoms with Crippen LogP contribution in [0.5, 0.6) is 11.5 Å². The van der Waals surface area contributed by atoms with Crippen molar-refractivity contribution in [3.8, 4) is 11.5 Å². The van der Waals surface area contributed by atoms with Gasteiger partial charge in [0.1, 0.15) is 11.5 Å². The van der Waals surface area contributed by atoms with Crippen LogP contribution in [0, 0.1) is 6.92 Å². The number of fused-ring (bicyclic) bond motifs is 1. The lowest BCUT2D eigenvalue weighted by Gasteiger charge is -2.33. The Balaban J connectivity index is 1.82. The summed E-state index contributed by atoms with van der Waals surface area (Å²) in [5.41, 5.74) is 4.71. The van der Waals surface area contributed by atoms with Crippen LogP contribution in [0.15, 0.2) is 24.4 Å². The predicted octanol–water partition coefficient (Wildman–Crippen LogP) is 4.75. The van der Waals surface area contributed by atoms with Crippen LogP contribution in [-0.2, 0) is 17.9 Å². The Bertz CT molecular complexity index is 870. The van der Waals surface area contributed by atoms with E-state index in [1.165, 1.54) is 0 Å². The van der Waals surface area contributed by atoms with Crippen molar-refractivity contribution in [1.29, 1.82) is 0 Å². The highest BCUT2D eigenvalue weighted by Crippen LogP contribution is 2.35. The first kappa shape index (κ1) is 20.4. The van der Waals surface area contributed by atoms with Gasteiger partial charge >= 0.3 is 0 Å². The van der Waals surface area contributed by atoms with E-state index in [1.807, 2.05) is 51.3 Å². The summed E-state index contributed by atoms with van der Waals surface area (Å²) in [6.45, 7) is 13.2. The van der Waals surface area contributed by atoms with Crippen molar-refractivity contribution in [2.24, 2.45) is 0 Å². The van der Waals surface area contributed by atoms with Crippen molar-refractivity contribution in [1.82, 2.24) is 9.88 Å². The Hall–Kier alpha value is -2.37. The molecule has 3 rings (SSSR count). The van der Waals surface area contributed by atoms with E-state index >= 15 is 0 Å². The molecule has 1 aromatic carbocycles. The lowest BCUT2D eigenvalue weighted by Crippen LogP contribution is -2.36. The molecule has 0 amide bonds. The SMILES string of the molecule is CCN(CC)Cc1ccc(/C=C/c2cnc(C)c3c2COC(C)(C)O3)cc1O. The molecular formula is C23H30N2O3. The molecule has 5 nitrogen and oxygen atoms in total. The topological polar surface area (TPSA) is 54.8 Å². The van der Waals surface area contributed by atoms with Crippen LogP contribution in [0.25, 0.3) is 12.2 Å². The molecule has 0 fully saturated rings. The largest absolute Gasteiger partial charge is 0.508 e. The quantitative estimate of drug-likeness (QED) is 0.781. The van der Waals surface area contributed by atoms with Gasteiger partial charge in [-0.3, -0.25) is 9.88 Å². The first-order chi connectivity index (χ1) is 13.3. The lowest BCUT2D eigenvalue weighted by molar-refractivity contribution is -0.180. The molecule has 1 aliphatic heterocycles. The zero-order valence-corrected chi connectivity index (χ0v) is 17.5. The molecule has 28 heavy (non-hydrogen) atoms. The maximum absolute atomic E-state index is 10.4. The summed E-state index contributed by atoms with van der Waals surface area (Å²) in [6, 6.07) is 5.82. The molecule has 5 heteroatoms. The van der Waals surface area contributed by atoms with Gasteiger partial charge in [0.05, 0.1) is 12.3 Å². The number of benzene rings is 1. The normalized spacial score (nSPS) is 15.6. The molecule has 2 heterocycles. The second-order valence-corrected chi connectivity index (χ2v) is 7.58. The van der Waals surface area contributed by atoms with Gasteiger partial charge in [0.15, 0.2) is 0 Å². The maximum atomic E-state index is 10.4. The number of hydrogen-bond acceptors (Lipinski definition) is 5. The van der Waals surface area contributed by atoms with Crippen molar-refractivity contribution in [3.63, 3.8) is 0 Å². The monoisotopic (exact) mass is 382 g/mol. The maximum Gasteiger partial charge on any atom is 0.205 e. The number of aryl methyl sites for hydroxylation is 1. The van der Waals surface area contributed by atoms with E-state index in [9.17, 15) is 5.11 Å². The standard InChI is InChI=1S/C23H30N2O3/c1-6-25(7-2)14-19-11-9-17(12-21(19)26)8-10-18-13-24-16(3)22-20(18)15-27-23(4,5)28-22/h8-13,26H,6-7,14-15H2,1-5H3/b10-8+. The number of rotatable bonds is 6. The highest BCUT2D eigenvalue weighted by Gasteiger charge is 2.30. The third-order valence-electron chi connectivity index (χ3n) is 5.11. The zero-order chi connectivity index (χ0) is 20.3. The fourth-order valence-corrected chi connectivity index (χ4v) is 3.29.